The summed E-state index contributed by atoms with van der Waals surface area (Å²) in [6.45, 7) is 10.3. The summed E-state index contributed by atoms with van der Waals surface area (Å²) in [4.78, 5) is 8.45. The van der Waals surface area contributed by atoms with Crippen LogP contribution in [0.3, 0.4) is 0 Å². The van der Waals surface area contributed by atoms with E-state index < -0.39 is 0 Å². The van der Waals surface area contributed by atoms with E-state index in [1.165, 1.54) is 0 Å². The SMILES string of the molecule is CCOCc1nc(Cl)cc(NCC(C)(C)C)n1. The van der Waals surface area contributed by atoms with Crippen molar-refractivity contribution in [3.05, 3.63) is 17.0 Å². The number of nitrogens with zero attached hydrogens (tertiary/aromatic N) is 2. The summed E-state index contributed by atoms with van der Waals surface area (Å²) < 4.78 is 5.26. The van der Waals surface area contributed by atoms with Gasteiger partial charge in [-0.2, -0.15) is 0 Å². The number of rotatable bonds is 5. The fourth-order valence-electron chi connectivity index (χ4n) is 1.17. The summed E-state index contributed by atoms with van der Waals surface area (Å²) >= 11 is 5.93. The van der Waals surface area contributed by atoms with E-state index >= 15 is 0 Å². The molecule has 5 heteroatoms. The Kier molecular flexibility index (Phi) is 5.15. The molecule has 0 aromatic carbocycles. The molecule has 1 rings (SSSR count). The molecular formula is C12H20ClN3O. The normalized spacial score (nSPS) is 11.6. The van der Waals surface area contributed by atoms with Crippen LogP contribution in [-0.4, -0.2) is 23.1 Å². The highest BCUT2D eigenvalue weighted by atomic mass is 35.5. The molecule has 96 valence electrons. The number of anilines is 1. The molecule has 0 fully saturated rings. The highest BCUT2D eigenvalue weighted by Crippen LogP contribution is 2.16. The van der Waals surface area contributed by atoms with Gasteiger partial charge in [-0.15, -0.1) is 0 Å². The molecule has 1 aromatic rings. The van der Waals surface area contributed by atoms with Crippen LogP contribution in [0.1, 0.15) is 33.5 Å². The maximum Gasteiger partial charge on any atom is 0.158 e. The molecule has 1 N–H and O–H groups in total. The summed E-state index contributed by atoms with van der Waals surface area (Å²) in [6.07, 6.45) is 0. The van der Waals surface area contributed by atoms with Gasteiger partial charge in [-0.1, -0.05) is 32.4 Å². The first kappa shape index (κ1) is 14.2. The van der Waals surface area contributed by atoms with Gasteiger partial charge in [-0.25, -0.2) is 9.97 Å². The van der Waals surface area contributed by atoms with Gasteiger partial charge in [0.05, 0.1) is 0 Å². The van der Waals surface area contributed by atoms with Gasteiger partial charge in [0.1, 0.15) is 17.6 Å². The van der Waals surface area contributed by atoms with Crippen molar-refractivity contribution in [2.75, 3.05) is 18.5 Å². The number of halogens is 1. The molecular weight excluding hydrogens is 238 g/mol. The molecule has 0 aliphatic rings. The van der Waals surface area contributed by atoms with Gasteiger partial charge < -0.3 is 10.1 Å². The Bertz CT molecular complexity index is 363. The average Bonchev–Trinajstić information content (AvgIpc) is 2.22. The molecule has 0 spiro atoms. The summed E-state index contributed by atoms with van der Waals surface area (Å²) in [5.41, 5.74) is 0.192. The minimum Gasteiger partial charge on any atom is -0.374 e. The molecule has 0 amide bonds. The van der Waals surface area contributed by atoms with Crippen molar-refractivity contribution >= 4 is 17.4 Å². The van der Waals surface area contributed by atoms with Crippen LogP contribution >= 0.6 is 11.6 Å². The Morgan fingerprint density at radius 3 is 2.65 bits per heavy atom. The van der Waals surface area contributed by atoms with Gasteiger partial charge in [0.25, 0.3) is 0 Å². The third kappa shape index (κ3) is 5.84. The van der Waals surface area contributed by atoms with Gasteiger partial charge in [-0.3, -0.25) is 0 Å². The lowest BCUT2D eigenvalue weighted by atomic mass is 9.97. The van der Waals surface area contributed by atoms with Gasteiger partial charge in [-0.05, 0) is 12.3 Å². The molecule has 0 atom stereocenters. The van der Waals surface area contributed by atoms with E-state index in [0.717, 1.165) is 12.4 Å². The molecule has 0 radical (unpaired) electrons. The zero-order valence-electron chi connectivity index (χ0n) is 10.9. The highest BCUT2D eigenvalue weighted by molar-refractivity contribution is 6.29. The van der Waals surface area contributed by atoms with E-state index in [9.17, 15) is 0 Å². The second-order valence-electron chi connectivity index (χ2n) is 5.04. The summed E-state index contributed by atoms with van der Waals surface area (Å²) in [5, 5.41) is 3.69. The predicted molar refractivity (Wildman–Crippen MR) is 70.3 cm³/mol. The molecule has 0 saturated carbocycles. The molecule has 0 saturated heterocycles. The number of ether oxygens (including phenoxy) is 1. The zero-order valence-corrected chi connectivity index (χ0v) is 11.6. The third-order valence-corrected chi connectivity index (χ3v) is 2.17. The Morgan fingerprint density at radius 2 is 2.06 bits per heavy atom. The second kappa shape index (κ2) is 6.17. The first-order valence-electron chi connectivity index (χ1n) is 5.76. The zero-order chi connectivity index (χ0) is 12.9. The molecule has 4 nitrogen and oxygen atoms in total. The van der Waals surface area contributed by atoms with Gasteiger partial charge in [0.15, 0.2) is 5.82 Å². The van der Waals surface area contributed by atoms with Crippen LogP contribution in [0.2, 0.25) is 5.15 Å². The number of hydrogen-bond donors (Lipinski definition) is 1. The van der Waals surface area contributed by atoms with Crippen LogP contribution in [-0.2, 0) is 11.3 Å². The van der Waals surface area contributed by atoms with Gasteiger partial charge >= 0.3 is 0 Å². The van der Waals surface area contributed by atoms with Gasteiger partial charge in [0.2, 0.25) is 0 Å². The minimum absolute atomic E-state index is 0.192. The maximum atomic E-state index is 5.93. The Morgan fingerprint density at radius 1 is 1.35 bits per heavy atom. The van der Waals surface area contributed by atoms with E-state index in [4.69, 9.17) is 16.3 Å². The minimum atomic E-state index is 0.192. The van der Waals surface area contributed by atoms with Crippen molar-refractivity contribution in [3.8, 4) is 0 Å². The van der Waals surface area contributed by atoms with E-state index in [2.05, 4.69) is 36.1 Å². The van der Waals surface area contributed by atoms with Crippen molar-refractivity contribution in [1.29, 1.82) is 0 Å². The van der Waals surface area contributed by atoms with Crippen molar-refractivity contribution in [1.82, 2.24) is 9.97 Å². The van der Waals surface area contributed by atoms with Crippen LogP contribution < -0.4 is 5.32 Å². The standard InChI is InChI=1S/C12H20ClN3O/c1-5-17-7-11-15-9(13)6-10(16-11)14-8-12(2,3)4/h6H,5,7-8H2,1-4H3,(H,14,15,16). The maximum absolute atomic E-state index is 5.93. The lowest BCUT2D eigenvalue weighted by Crippen LogP contribution is -2.20. The molecule has 0 bridgehead atoms. The van der Waals surface area contributed by atoms with E-state index in [-0.39, 0.29) is 5.41 Å². The molecule has 1 heterocycles. The Labute approximate surface area is 108 Å². The second-order valence-corrected chi connectivity index (χ2v) is 5.43. The summed E-state index contributed by atoms with van der Waals surface area (Å²) in [7, 11) is 0. The Balaban J connectivity index is 2.68. The largest absolute Gasteiger partial charge is 0.374 e. The third-order valence-electron chi connectivity index (χ3n) is 1.98. The number of hydrogen-bond acceptors (Lipinski definition) is 4. The Hall–Kier alpha value is -0.870. The number of aromatic nitrogens is 2. The number of nitrogens with one attached hydrogen (secondary N) is 1. The van der Waals surface area contributed by atoms with Crippen LogP contribution in [0.5, 0.6) is 0 Å². The predicted octanol–water partition coefficient (Wildman–Crippen LogP) is 3.12. The lowest BCUT2D eigenvalue weighted by Gasteiger charge is -2.19. The highest BCUT2D eigenvalue weighted by Gasteiger charge is 2.11. The van der Waals surface area contributed by atoms with Crippen LogP contribution in [0, 0.1) is 5.41 Å². The van der Waals surface area contributed by atoms with Gasteiger partial charge in [0, 0.05) is 19.2 Å². The topological polar surface area (TPSA) is 47.0 Å². The molecule has 0 unspecified atom stereocenters. The fourth-order valence-corrected chi connectivity index (χ4v) is 1.37. The lowest BCUT2D eigenvalue weighted by molar-refractivity contribution is 0.128. The monoisotopic (exact) mass is 257 g/mol. The van der Waals surface area contributed by atoms with E-state index in [1.54, 1.807) is 6.07 Å². The molecule has 1 aromatic heterocycles. The van der Waals surface area contributed by atoms with E-state index in [1.807, 2.05) is 6.92 Å². The van der Waals surface area contributed by atoms with E-state index in [0.29, 0.717) is 24.2 Å². The smallest absolute Gasteiger partial charge is 0.158 e. The summed E-state index contributed by atoms with van der Waals surface area (Å²) in [5.74, 6) is 1.35. The van der Waals surface area contributed by atoms with Crippen LogP contribution in [0.25, 0.3) is 0 Å². The molecule has 17 heavy (non-hydrogen) atoms. The first-order valence-corrected chi connectivity index (χ1v) is 6.13. The van der Waals surface area contributed by atoms with Crippen molar-refractivity contribution < 1.29 is 4.74 Å². The fraction of sp³-hybridized carbons (Fsp3) is 0.667. The molecule has 0 aliphatic heterocycles. The first-order chi connectivity index (χ1) is 7.90. The van der Waals surface area contributed by atoms with Crippen molar-refractivity contribution in [2.24, 2.45) is 5.41 Å². The average molecular weight is 258 g/mol. The van der Waals surface area contributed by atoms with Crippen LogP contribution in [0.4, 0.5) is 5.82 Å². The summed E-state index contributed by atoms with van der Waals surface area (Å²) in [6, 6.07) is 1.72. The van der Waals surface area contributed by atoms with Crippen LogP contribution in [0.15, 0.2) is 6.07 Å². The quantitative estimate of drug-likeness (QED) is 0.824. The van der Waals surface area contributed by atoms with Crippen molar-refractivity contribution in [3.63, 3.8) is 0 Å². The van der Waals surface area contributed by atoms with Crippen molar-refractivity contribution in [2.45, 2.75) is 34.3 Å². The molecule has 0 aliphatic carbocycles.